The molecule has 206 valence electrons. The highest BCUT2D eigenvalue weighted by atomic mass is 32.2. The van der Waals surface area contributed by atoms with Gasteiger partial charge in [-0.3, -0.25) is 4.79 Å². The van der Waals surface area contributed by atoms with Crippen LogP contribution in [0, 0.1) is 5.92 Å². The van der Waals surface area contributed by atoms with Crippen LogP contribution in [0.4, 0.5) is 0 Å². The fraction of sp³-hybridized carbons (Fsp3) is 0.462. The third-order valence-electron chi connectivity index (χ3n) is 6.77. The molecule has 3 N–H and O–H groups in total. The third kappa shape index (κ3) is 6.78. The van der Waals surface area contributed by atoms with E-state index in [1.807, 2.05) is 30.3 Å². The lowest BCUT2D eigenvalue weighted by Gasteiger charge is -2.33. The maximum atomic E-state index is 14.1. The number of rotatable bonds is 12. The number of hydrogen-bond acceptors (Lipinski definition) is 9. The van der Waals surface area contributed by atoms with Crippen LogP contribution < -0.4 is 11.1 Å². The van der Waals surface area contributed by atoms with E-state index in [1.165, 1.54) is 30.4 Å². The highest BCUT2D eigenvalue weighted by Gasteiger charge is 2.39. The summed E-state index contributed by atoms with van der Waals surface area (Å²) < 4.78 is 55.7. The van der Waals surface area contributed by atoms with Gasteiger partial charge >= 0.3 is 0 Å². The van der Waals surface area contributed by atoms with E-state index in [0.717, 1.165) is 29.3 Å². The Labute approximate surface area is 228 Å². The molecule has 0 bridgehead atoms. The summed E-state index contributed by atoms with van der Waals surface area (Å²) in [5.41, 5.74) is 9.03. The van der Waals surface area contributed by atoms with Crippen LogP contribution in [-0.2, 0) is 31.1 Å². The Kier molecular flexibility index (Phi) is 9.19. The van der Waals surface area contributed by atoms with Gasteiger partial charge in [-0.15, -0.1) is 11.3 Å². The van der Waals surface area contributed by atoms with Crippen LogP contribution in [0.1, 0.15) is 31.7 Å². The van der Waals surface area contributed by atoms with E-state index >= 15 is 0 Å². The number of thiazole rings is 1. The standard InChI is InChI=1S/C26H34N4O5S3/c1-19(16-37(32,33)17-21-8-5-13-28-21)26(31)30(22(11-12-27)14-20-6-3-2-4-7-20)38(34,35)23-9-10-24-25(15-23)36-18-29-24/h2-4,6-7,9-10,15,18-19,21-22,28H,5,8,11-14,16-17,27H2,1H3/t19-,21-,22?/m1/s1. The summed E-state index contributed by atoms with van der Waals surface area (Å²) in [6.07, 6.45) is 2.16. The van der Waals surface area contributed by atoms with Crippen LogP contribution in [0.25, 0.3) is 10.2 Å². The van der Waals surface area contributed by atoms with Crippen LogP contribution in [0.3, 0.4) is 0 Å². The number of fused-ring (bicyclic) bond motifs is 1. The molecule has 0 aliphatic carbocycles. The van der Waals surface area contributed by atoms with E-state index in [9.17, 15) is 21.6 Å². The zero-order chi connectivity index (χ0) is 27.3. The molecule has 1 saturated heterocycles. The number of benzene rings is 2. The number of nitrogens with two attached hydrogens (primary N) is 1. The second-order valence-corrected chi connectivity index (χ2v) is 14.7. The Morgan fingerprint density at radius 1 is 1.18 bits per heavy atom. The second kappa shape index (κ2) is 12.2. The van der Waals surface area contributed by atoms with Crippen LogP contribution in [-0.4, -0.2) is 68.7 Å². The van der Waals surface area contributed by atoms with Crippen LogP contribution in [0.5, 0.6) is 0 Å². The first kappa shape index (κ1) is 28.6. The lowest BCUT2D eigenvalue weighted by molar-refractivity contribution is -0.131. The van der Waals surface area contributed by atoms with Crippen LogP contribution in [0.15, 0.2) is 58.9 Å². The first-order valence-electron chi connectivity index (χ1n) is 12.7. The molecule has 1 aliphatic rings. The molecule has 0 saturated carbocycles. The normalized spacial score (nSPS) is 17.9. The molecule has 1 aromatic heterocycles. The van der Waals surface area contributed by atoms with E-state index in [0.29, 0.717) is 10.2 Å². The molecule has 9 nitrogen and oxygen atoms in total. The fourth-order valence-corrected chi connectivity index (χ4v) is 9.38. The molecule has 2 aromatic carbocycles. The van der Waals surface area contributed by atoms with Gasteiger partial charge in [-0.05, 0) is 62.5 Å². The predicted octanol–water partition coefficient (Wildman–Crippen LogP) is 2.58. The van der Waals surface area contributed by atoms with E-state index in [4.69, 9.17) is 5.73 Å². The number of sulfonamides is 1. The number of carbonyl (C=O) groups excluding carboxylic acids is 1. The molecule has 2 heterocycles. The van der Waals surface area contributed by atoms with Gasteiger partial charge in [-0.2, -0.15) is 0 Å². The highest BCUT2D eigenvalue weighted by molar-refractivity contribution is 7.91. The molecular weight excluding hydrogens is 545 g/mol. The minimum atomic E-state index is -4.33. The monoisotopic (exact) mass is 578 g/mol. The molecule has 0 radical (unpaired) electrons. The summed E-state index contributed by atoms with van der Waals surface area (Å²) in [4.78, 5) is 18.1. The number of nitrogens with zero attached hydrogens (tertiary/aromatic N) is 2. The average molecular weight is 579 g/mol. The molecular formula is C26H34N4O5S3. The average Bonchev–Trinajstić information content (AvgIpc) is 3.55. The lowest BCUT2D eigenvalue weighted by atomic mass is 10.0. The Balaban J connectivity index is 1.69. The molecule has 1 amide bonds. The van der Waals surface area contributed by atoms with Gasteiger partial charge in [0.05, 0.1) is 44.1 Å². The Bertz CT molecular complexity index is 1450. The number of aromatic nitrogens is 1. The van der Waals surface area contributed by atoms with Crippen molar-refractivity contribution in [3.63, 3.8) is 0 Å². The summed E-state index contributed by atoms with van der Waals surface area (Å²) in [7, 11) is -7.94. The maximum Gasteiger partial charge on any atom is 0.266 e. The van der Waals surface area contributed by atoms with Crippen molar-refractivity contribution in [2.45, 2.75) is 49.6 Å². The molecule has 0 spiro atoms. The van der Waals surface area contributed by atoms with E-state index < -0.39 is 43.5 Å². The largest absolute Gasteiger partial charge is 0.330 e. The highest BCUT2D eigenvalue weighted by Crippen LogP contribution is 2.28. The molecule has 1 aliphatic heterocycles. The number of amides is 1. The first-order chi connectivity index (χ1) is 18.1. The van der Waals surface area contributed by atoms with Gasteiger partial charge in [0.1, 0.15) is 0 Å². The van der Waals surface area contributed by atoms with Crippen molar-refractivity contribution >= 4 is 47.3 Å². The predicted molar refractivity (Wildman–Crippen MR) is 150 cm³/mol. The van der Waals surface area contributed by atoms with Gasteiger partial charge in [0.2, 0.25) is 5.91 Å². The van der Waals surface area contributed by atoms with Crippen molar-refractivity contribution in [1.29, 1.82) is 0 Å². The van der Waals surface area contributed by atoms with Crippen LogP contribution >= 0.6 is 11.3 Å². The summed E-state index contributed by atoms with van der Waals surface area (Å²) in [5.74, 6) is -2.30. The van der Waals surface area contributed by atoms with Crippen molar-refractivity contribution in [3.05, 3.63) is 59.6 Å². The molecule has 1 fully saturated rings. The minimum Gasteiger partial charge on any atom is -0.330 e. The first-order valence-corrected chi connectivity index (χ1v) is 16.8. The Morgan fingerprint density at radius 3 is 2.63 bits per heavy atom. The summed E-state index contributed by atoms with van der Waals surface area (Å²) in [5, 5.41) is 3.17. The maximum absolute atomic E-state index is 14.1. The van der Waals surface area contributed by atoms with Gasteiger partial charge in [-0.1, -0.05) is 37.3 Å². The quantitative estimate of drug-likeness (QED) is 0.334. The fourth-order valence-electron chi connectivity index (χ4n) is 4.93. The Hall–Kier alpha value is -2.38. The summed E-state index contributed by atoms with van der Waals surface area (Å²) in [6, 6.07) is 12.9. The van der Waals surface area contributed by atoms with Gasteiger partial charge in [0, 0.05) is 6.04 Å². The van der Waals surface area contributed by atoms with E-state index in [1.54, 1.807) is 11.6 Å². The zero-order valence-electron chi connectivity index (χ0n) is 21.3. The molecule has 4 rings (SSSR count). The molecule has 12 heteroatoms. The van der Waals surface area contributed by atoms with Gasteiger partial charge in [-0.25, -0.2) is 26.1 Å². The van der Waals surface area contributed by atoms with Crippen molar-refractivity contribution in [2.75, 3.05) is 24.6 Å². The second-order valence-electron chi connectivity index (χ2n) is 9.81. The third-order valence-corrected chi connectivity index (χ3v) is 11.3. The lowest BCUT2D eigenvalue weighted by Crippen LogP contribution is -2.49. The molecule has 3 aromatic rings. The van der Waals surface area contributed by atoms with Crippen LogP contribution in [0.2, 0.25) is 0 Å². The smallest absolute Gasteiger partial charge is 0.266 e. The van der Waals surface area contributed by atoms with Crippen molar-refractivity contribution < 1.29 is 21.6 Å². The number of sulfone groups is 1. The van der Waals surface area contributed by atoms with Gasteiger partial charge in [0.15, 0.2) is 9.84 Å². The number of nitrogens with one attached hydrogen (secondary N) is 1. The number of hydrogen-bond donors (Lipinski definition) is 2. The molecule has 38 heavy (non-hydrogen) atoms. The SMILES string of the molecule is C[C@H](CS(=O)(=O)C[C@H]1CCCN1)C(=O)N(C(CCN)Cc1ccccc1)S(=O)(=O)c1ccc2ncsc2c1. The van der Waals surface area contributed by atoms with Crippen molar-refractivity contribution in [3.8, 4) is 0 Å². The van der Waals surface area contributed by atoms with Crippen molar-refractivity contribution in [1.82, 2.24) is 14.6 Å². The van der Waals surface area contributed by atoms with Crippen molar-refractivity contribution in [2.24, 2.45) is 11.7 Å². The summed E-state index contributed by atoms with van der Waals surface area (Å²) >= 11 is 1.30. The van der Waals surface area contributed by atoms with E-state index in [2.05, 4.69) is 10.3 Å². The number of carbonyl (C=O) groups is 1. The molecule has 3 atom stereocenters. The minimum absolute atomic E-state index is 0.0390. The Morgan fingerprint density at radius 2 is 1.95 bits per heavy atom. The summed E-state index contributed by atoms with van der Waals surface area (Å²) in [6.45, 7) is 2.41. The van der Waals surface area contributed by atoms with Gasteiger partial charge in [0.25, 0.3) is 10.0 Å². The topological polar surface area (TPSA) is 140 Å². The zero-order valence-corrected chi connectivity index (χ0v) is 23.8. The molecule has 1 unspecified atom stereocenters. The van der Waals surface area contributed by atoms with E-state index in [-0.39, 0.29) is 36.1 Å². The van der Waals surface area contributed by atoms with Gasteiger partial charge < -0.3 is 11.1 Å².